The second-order valence-electron chi connectivity index (χ2n) is 6.75. The van der Waals surface area contributed by atoms with Gasteiger partial charge in [0.15, 0.2) is 0 Å². The Morgan fingerprint density at radius 3 is 2.71 bits per heavy atom. The molecule has 1 fully saturated rings. The molecule has 0 saturated heterocycles. The largest absolute Gasteiger partial charge is 0.381 e. The molecular formula is C20H23N3O. The number of nitrogens with zero attached hydrogens (tertiary/aromatic N) is 2. The van der Waals surface area contributed by atoms with Crippen molar-refractivity contribution >= 4 is 17.3 Å². The molecule has 4 heteroatoms. The van der Waals surface area contributed by atoms with Crippen LogP contribution < -0.4 is 10.2 Å². The standard InChI is InChI=1S/C20H23N3O/c24-20(23-13-12-15-6-4-5-9-19(15)23)18-11-10-17(14-21-18)22-16-7-2-1-3-8-16/h4-6,9-11,14,16,22H,1-3,7-8,12-13H2. The molecule has 4 rings (SSSR count). The van der Waals surface area contributed by atoms with Gasteiger partial charge in [0.1, 0.15) is 5.69 Å². The van der Waals surface area contributed by atoms with Gasteiger partial charge in [-0.25, -0.2) is 4.98 Å². The van der Waals surface area contributed by atoms with Gasteiger partial charge in [-0.3, -0.25) is 4.79 Å². The number of pyridine rings is 1. The maximum Gasteiger partial charge on any atom is 0.276 e. The molecule has 1 aromatic carbocycles. The van der Waals surface area contributed by atoms with Gasteiger partial charge in [0.2, 0.25) is 0 Å². The van der Waals surface area contributed by atoms with Crippen molar-refractivity contribution in [3.05, 3.63) is 53.9 Å². The van der Waals surface area contributed by atoms with Crippen LogP contribution in [0.4, 0.5) is 11.4 Å². The first-order chi connectivity index (χ1) is 11.8. The summed E-state index contributed by atoms with van der Waals surface area (Å²) in [6.07, 6.45) is 9.12. The summed E-state index contributed by atoms with van der Waals surface area (Å²) in [5, 5.41) is 3.54. The van der Waals surface area contributed by atoms with Crippen molar-refractivity contribution in [2.75, 3.05) is 16.8 Å². The highest BCUT2D eigenvalue weighted by molar-refractivity contribution is 6.06. The Hall–Kier alpha value is -2.36. The number of anilines is 2. The lowest BCUT2D eigenvalue weighted by atomic mass is 9.95. The summed E-state index contributed by atoms with van der Waals surface area (Å²) >= 11 is 0. The van der Waals surface area contributed by atoms with Gasteiger partial charge >= 0.3 is 0 Å². The molecule has 2 aliphatic rings. The van der Waals surface area contributed by atoms with Crippen LogP contribution in [0.25, 0.3) is 0 Å². The SMILES string of the molecule is O=C(c1ccc(NC2CCCCC2)cn1)N1CCc2ccccc21. The van der Waals surface area contributed by atoms with Gasteiger partial charge in [0, 0.05) is 18.3 Å². The van der Waals surface area contributed by atoms with Crippen LogP contribution >= 0.6 is 0 Å². The van der Waals surface area contributed by atoms with E-state index in [0.29, 0.717) is 11.7 Å². The molecule has 1 aliphatic heterocycles. The van der Waals surface area contributed by atoms with E-state index in [-0.39, 0.29) is 5.91 Å². The first-order valence-electron chi connectivity index (χ1n) is 8.93. The lowest BCUT2D eigenvalue weighted by Gasteiger charge is -2.23. The topological polar surface area (TPSA) is 45.2 Å². The molecule has 0 radical (unpaired) electrons. The quantitative estimate of drug-likeness (QED) is 0.928. The predicted molar refractivity (Wildman–Crippen MR) is 96.6 cm³/mol. The highest BCUT2D eigenvalue weighted by atomic mass is 16.2. The lowest BCUT2D eigenvalue weighted by Crippen LogP contribution is -2.29. The molecule has 1 amide bonds. The summed E-state index contributed by atoms with van der Waals surface area (Å²) in [4.78, 5) is 19.0. The van der Waals surface area contributed by atoms with E-state index in [9.17, 15) is 4.79 Å². The van der Waals surface area contributed by atoms with Crippen LogP contribution in [0.5, 0.6) is 0 Å². The fourth-order valence-corrected chi connectivity index (χ4v) is 3.78. The zero-order valence-electron chi connectivity index (χ0n) is 13.9. The molecule has 0 bridgehead atoms. The Kier molecular flexibility index (Phi) is 4.20. The number of hydrogen-bond donors (Lipinski definition) is 1. The molecule has 24 heavy (non-hydrogen) atoms. The summed E-state index contributed by atoms with van der Waals surface area (Å²) in [5.41, 5.74) is 3.79. The average molecular weight is 321 g/mol. The van der Waals surface area contributed by atoms with E-state index in [4.69, 9.17) is 0 Å². The Balaban J connectivity index is 1.46. The second-order valence-corrected chi connectivity index (χ2v) is 6.75. The number of para-hydroxylation sites is 1. The minimum Gasteiger partial charge on any atom is -0.381 e. The zero-order valence-corrected chi connectivity index (χ0v) is 13.9. The zero-order chi connectivity index (χ0) is 16.4. The average Bonchev–Trinajstić information content (AvgIpc) is 3.07. The van der Waals surface area contributed by atoms with Crippen molar-refractivity contribution in [3.8, 4) is 0 Å². The molecule has 1 aromatic heterocycles. The third kappa shape index (κ3) is 3.01. The van der Waals surface area contributed by atoms with Crippen LogP contribution in [0.1, 0.15) is 48.2 Å². The van der Waals surface area contributed by atoms with Crippen molar-refractivity contribution in [1.29, 1.82) is 0 Å². The maximum atomic E-state index is 12.8. The van der Waals surface area contributed by atoms with Crippen molar-refractivity contribution < 1.29 is 4.79 Å². The van der Waals surface area contributed by atoms with Crippen molar-refractivity contribution in [2.24, 2.45) is 0 Å². The number of amides is 1. The number of rotatable bonds is 3. The molecule has 4 nitrogen and oxygen atoms in total. The fraction of sp³-hybridized carbons (Fsp3) is 0.400. The minimum atomic E-state index is -0.0100. The number of fused-ring (bicyclic) bond motifs is 1. The highest BCUT2D eigenvalue weighted by Gasteiger charge is 2.25. The molecule has 0 spiro atoms. The van der Waals surface area contributed by atoms with Crippen molar-refractivity contribution in [2.45, 2.75) is 44.6 Å². The van der Waals surface area contributed by atoms with Crippen LogP contribution in [0.15, 0.2) is 42.6 Å². The Labute approximate surface area is 142 Å². The second kappa shape index (κ2) is 6.63. The predicted octanol–water partition coefficient (Wildman–Crippen LogP) is 4.03. The summed E-state index contributed by atoms with van der Waals surface area (Å²) in [6.45, 7) is 0.738. The molecule has 2 heterocycles. The highest BCUT2D eigenvalue weighted by Crippen LogP contribution is 2.28. The number of carbonyl (C=O) groups is 1. The van der Waals surface area contributed by atoms with Gasteiger partial charge in [-0.2, -0.15) is 0 Å². The number of nitrogens with one attached hydrogen (secondary N) is 1. The van der Waals surface area contributed by atoms with Crippen LogP contribution in [-0.4, -0.2) is 23.5 Å². The first-order valence-corrected chi connectivity index (χ1v) is 8.93. The summed E-state index contributed by atoms with van der Waals surface area (Å²) in [6, 6.07) is 12.5. The summed E-state index contributed by atoms with van der Waals surface area (Å²) < 4.78 is 0. The lowest BCUT2D eigenvalue weighted by molar-refractivity contribution is 0.0984. The molecule has 2 aromatic rings. The van der Waals surface area contributed by atoms with Crippen molar-refractivity contribution in [1.82, 2.24) is 4.98 Å². The van der Waals surface area contributed by atoms with E-state index in [0.717, 1.165) is 24.3 Å². The third-order valence-electron chi connectivity index (χ3n) is 5.09. The van der Waals surface area contributed by atoms with Crippen molar-refractivity contribution in [3.63, 3.8) is 0 Å². The molecule has 0 atom stereocenters. The monoisotopic (exact) mass is 321 g/mol. The van der Waals surface area contributed by atoms with Gasteiger partial charge in [-0.15, -0.1) is 0 Å². The summed E-state index contributed by atoms with van der Waals surface area (Å²) in [7, 11) is 0. The van der Waals surface area contributed by atoms with Gasteiger partial charge in [0.05, 0.1) is 11.9 Å². The first kappa shape index (κ1) is 15.2. The maximum absolute atomic E-state index is 12.8. The van der Waals surface area contributed by atoms with Crippen LogP contribution in [0, 0.1) is 0 Å². The number of benzene rings is 1. The Morgan fingerprint density at radius 2 is 1.92 bits per heavy atom. The number of carbonyl (C=O) groups excluding carboxylic acids is 1. The molecular weight excluding hydrogens is 298 g/mol. The van der Waals surface area contributed by atoms with Gasteiger partial charge in [-0.05, 0) is 43.0 Å². The van der Waals surface area contributed by atoms with Gasteiger partial charge < -0.3 is 10.2 Å². The van der Waals surface area contributed by atoms with Crippen LogP contribution in [-0.2, 0) is 6.42 Å². The summed E-state index contributed by atoms with van der Waals surface area (Å²) in [5.74, 6) is -0.0100. The van der Waals surface area contributed by atoms with Gasteiger partial charge in [-0.1, -0.05) is 37.5 Å². The van der Waals surface area contributed by atoms with E-state index in [1.807, 2.05) is 35.2 Å². The van der Waals surface area contributed by atoms with E-state index in [1.54, 1.807) is 6.20 Å². The van der Waals surface area contributed by atoms with E-state index in [2.05, 4.69) is 16.4 Å². The van der Waals surface area contributed by atoms with E-state index < -0.39 is 0 Å². The van der Waals surface area contributed by atoms with E-state index in [1.165, 1.54) is 37.7 Å². The molecule has 1 aliphatic carbocycles. The fourth-order valence-electron chi connectivity index (χ4n) is 3.78. The minimum absolute atomic E-state index is 0.0100. The molecule has 1 saturated carbocycles. The smallest absolute Gasteiger partial charge is 0.276 e. The van der Waals surface area contributed by atoms with Crippen LogP contribution in [0.2, 0.25) is 0 Å². The molecule has 0 unspecified atom stereocenters. The van der Waals surface area contributed by atoms with E-state index >= 15 is 0 Å². The Bertz CT molecular complexity index is 720. The van der Waals surface area contributed by atoms with Gasteiger partial charge in [0.25, 0.3) is 5.91 Å². The molecule has 124 valence electrons. The third-order valence-corrected chi connectivity index (χ3v) is 5.09. The Morgan fingerprint density at radius 1 is 1.08 bits per heavy atom. The van der Waals surface area contributed by atoms with Crippen LogP contribution in [0.3, 0.4) is 0 Å². The molecule has 1 N–H and O–H groups in total. The normalized spacial score (nSPS) is 17.6. The number of aromatic nitrogens is 1. The number of hydrogen-bond acceptors (Lipinski definition) is 3.